The molecule has 0 unspecified atom stereocenters. The van der Waals surface area contributed by atoms with Crippen LogP contribution in [0.3, 0.4) is 0 Å². The number of nitrogens with zero attached hydrogens (tertiary/aromatic N) is 2. The molecule has 2 rings (SSSR count). The number of aromatic nitrogens is 2. The molecule has 0 fully saturated rings. The highest BCUT2D eigenvalue weighted by atomic mass is 79.9. The van der Waals surface area contributed by atoms with Crippen LogP contribution in [0.15, 0.2) is 29.0 Å². The third-order valence-electron chi connectivity index (χ3n) is 1.83. The van der Waals surface area contributed by atoms with Crippen LogP contribution < -0.4 is 0 Å². The third-order valence-corrected chi connectivity index (χ3v) is 2.30. The molecule has 0 spiro atoms. The molecular weight excluding hydrogens is 216 g/mol. The molecule has 0 atom stereocenters. The van der Waals surface area contributed by atoms with Gasteiger partial charge in [-0.05, 0) is 34.5 Å². The average Bonchev–Trinajstić information content (AvgIpc) is 2.46. The van der Waals surface area contributed by atoms with E-state index >= 15 is 0 Å². The molecule has 0 aliphatic heterocycles. The zero-order chi connectivity index (χ0) is 8.55. The minimum absolute atomic E-state index is 0.985. The molecule has 0 aliphatic rings. The van der Waals surface area contributed by atoms with Crippen molar-refractivity contribution in [3.05, 3.63) is 34.7 Å². The second kappa shape index (κ2) is 2.90. The van der Waals surface area contributed by atoms with E-state index in [9.17, 15) is 0 Å². The molecule has 62 valence electrons. The molecule has 3 heteroatoms. The van der Waals surface area contributed by atoms with Gasteiger partial charge in [0, 0.05) is 16.9 Å². The Morgan fingerprint density at radius 1 is 1.42 bits per heavy atom. The van der Waals surface area contributed by atoms with Crippen LogP contribution in [0.4, 0.5) is 0 Å². The first-order chi connectivity index (χ1) is 5.79. The van der Waals surface area contributed by atoms with Crippen molar-refractivity contribution in [1.29, 1.82) is 0 Å². The fraction of sp³-hybridized carbons (Fsp3) is 0.222. The number of pyridine rings is 1. The summed E-state index contributed by atoms with van der Waals surface area (Å²) in [6, 6.07) is 4.00. The van der Waals surface area contributed by atoms with Crippen LogP contribution in [-0.4, -0.2) is 9.38 Å². The van der Waals surface area contributed by atoms with Gasteiger partial charge in [0.2, 0.25) is 0 Å². The summed E-state index contributed by atoms with van der Waals surface area (Å²) in [5.74, 6) is 0. The zero-order valence-electron chi connectivity index (χ0n) is 6.79. The number of hydrogen-bond acceptors (Lipinski definition) is 1. The number of imidazole rings is 1. The van der Waals surface area contributed by atoms with Gasteiger partial charge >= 0.3 is 0 Å². The van der Waals surface area contributed by atoms with E-state index in [1.54, 1.807) is 0 Å². The standard InChI is InChI=1S/C9H9BrN2/c1-2-8-6-12-5-7(10)3-4-9(12)11-8/h3-6H,2H2,1H3. The van der Waals surface area contributed by atoms with E-state index in [-0.39, 0.29) is 0 Å². The summed E-state index contributed by atoms with van der Waals surface area (Å²) in [4.78, 5) is 4.41. The summed E-state index contributed by atoms with van der Waals surface area (Å²) < 4.78 is 3.11. The van der Waals surface area contributed by atoms with Crippen molar-refractivity contribution in [2.24, 2.45) is 0 Å². The van der Waals surface area contributed by atoms with E-state index in [1.807, 2.05) is 22.7 Å². The van der Waals surface area contributed by atoms with Crippen LogP contribution in [0.2, 0.25) is 0 Å². The van der Waals surface area contributed by atoms with Crippen LogP contribution >= 0.6 is 15.9 Å². The summed E-state index contributed by atoms with van der Waals surface area (Å²) in [6.07, 6.45) is 5.06. The van der Waals surface area contributed by atoms with Crippen molar-refractivity contribution >= 4 is 21.6 Å². The summed E-state index contributed by atoms with van der Waals surface area (Å²) in [5, 5.41) is 0. The maximum absolute atomic E-state index is 4.41. The van der Waals surface area contributed by atoms with E-state index in [1.165, 1.54) is 0 Å². The minimum atomic E-state index is 0.985. The molecule has 0 saturated carbocycles. The summed E-state index contributed by atoms with van der Waals surface area (Å²) >= 11 is 3.41. The Balaban J connectivity index is 2.67. The van der Waals surface area contributed by atoms with Crippen molar-refractivity contribution < 1.29 is 0 Å². The van der Waals surface area contributed by atoms with E-state index in [0.29, 0.717) is 0 Å². The number of fused-ring (bicyclic) bond motifs is 1. The number of halogens is 1. The molecule has 0 bridgehead atoms. The molecule has 2 aromatic heterocycles. The van der Waals surface area contributed by atoms with Crippen molar-refractivity contribution in [3.63, 3.8) is 0 Å². The van der Waals surface area contributed by atoms with Gasteiger partial charge in [0.25, 0.3) is 0 Å². The lowest BCUT2D eigenvalue weighted by Crippen LogP contribution is -1.80. The first-order valence-corrected chi connectivity index (χ1v) is 4.72. The average molecular weight is 225 g/mol. The predicted molar refractivity (Wildman–Crippen MR) is 52.3 cm³/mol. The molecule has 0 radical (unpaired) electrons. The van der Waals surface area contributed by atoms with Gasteiger partial charge in [-0.15, -0.1) is 0 Å². The van der Waals surface area contributed by atoms with Crippen molar-refractivity contribution in [2.45, 2.75) is 13.3 Å². The molecule has 0 N–H and O–H groups in total. The number of rotatable bonds is 1. The lowest BCUT2D eigenvalue weighted by molar-refractivity contribution is 1.07. The molecule has 2 aromatic rings. The largest absolute Gasteiger partial charge is 0.306 e. The Hall–Kier alpha value is -0.830. The number of hydrogen-bond donors (Lipinski definition) is 0. The molecule has 0 saturated heterocycles. The maximum atomic E-state index is 4.41. The first-order valence-electron chi connectivity index (χ1n) is 3.92. The SMILES string of the molecule is CCc1cn2cc(Br)ccc2n1. The molecular formula is C9H9BrN2. The van der Waals surface area contributed by atoms with Gasteiger partial charge in [-0.3, -0.25) is 0 Å². The Morgan fingerprint density at radius 2 is 2.25 bits per heavy atom. The topological polar surface area (TPSA) is 17.3 Å². The smallest absolute Gasteiger partial charge is 0.137 e. The minimum Gasteiger partial charge on any atom is -0.306 e. The molecule has 12 heavy (non-hydrogen) atoms. The predicted octanol–water partition coefficient (Wildman–Crippen LogP) is 2.66. The van der Waals surface area contributed by atoms with Gasteiger partial charge in [0.1, 0.15) is 5.65 Å². The van der Waals surface area contributed by atoms with Gasteiger partial charge in [-0.1, -0.05) is 6.92 Å². The van der Waals surface area contributed by atoms with Crippen LogP contribution in [0.1, 0.15) is 12.6 Å². The van der Waals surface area contributed by atoms with E-state index in [0.717, 1.165) is 22.2 Å². The van der Waals surface area contributed by atoms with Crippen LogP contribution in [-0.2, 0) is 6.42 Å². The van der Waals surface area contributed by atoms with E-state index in [4.69, 9.17) is 0 Å². The normalized spacial score (nSPS) is 10.8. The van der Waals surface area contributed by atoms with Crippen LogP contribution in [0.25, 0.3) is 5.65 Å². The third kappa shape index (κ3) is 1.25. The lowest BCUT2D eigenvalue weighted by Gasteiger charge is -1.91. The summed E-state index contributed by atoms with van der Waals surface area (Å²) in [5.41, 5.74) is 2.14. The van der Waals surface area contributed by atoms with Gasteiger partial charge in [-0.2, -0.15) is 0 Å². The number of aryl methyl sites for hydroxylation is 1. The fourth-order valence-corrected chi connectivity index (χ4v) is 1.54. The highest BCUT2D eigenvalue weighted by molar-refractivity contribution is 9.10. The molecule has 0 amide bonds. The molecule has 0 aromatic carbocycles. The Labute approximate surface area is 79.4 Å². The first kappa shape index (κ1) is 7.80. The van der Waals surface area contributed by atoms with Gasteiger partial charge < -0.3 is 4.40 Å². The summed E-state index contributed by atoms with van der Waals surface area (Å²) in [6.45, 7) is 2.11. The van der Waals surface area contributed by atoms with Crippen molar-refractivity contribution in [1.82, 2.24) is 9.38 Å². The van der Waals surface area contributed by atoms with E-state index < -0.39 is 0 Å². The van der Waals surface area contributed by atoms with Crippen LogP contribution in [0.5, 0.6) is 0 Å². The fourth-order valence-electron chi connectivity index (χ4n) is 1.19. The van der Waals surface area contributed by atoms with Gasteiger partial charge in [0.15, 0.2) is 0 Å². The molecule has 2 nitrogen and oxygen atoms in total. The zero-order valence-corrected chi connectivity index (χ0v) is 8.37. The van der Waals surface area contributed by atoms with Crippen LogP contribution in [0, 0.1) is 0 Å². The lowest BCUT2D eigenvalue weighted by atomic mass is 10.4. The van der Waals surface area contributed by atoms with Crippen molar-refractivity contribution in [3.8, 4) is 0 Å². The highest BCUT2D eigenvalue weighted by Crippen LogP contribution is 2.12. The molecule has 2 heterocycles. The van der Waals surface area contributed by atoms with Gasteiger partial charge in [0.05, 0.1) is 5.69 Å². The summed E-state index contributed by atoms with van der Waals surface area (Å²) in [7, 11) is 0. The molecule has 0 aliphatic carbocycles. The highest BCUT2D eigenvalue weighted by Gasteiger charge is 1.98. The van der Waals surface area contributed by atoms with Gasteiger partial charge in [-0.25, -0.2) is 4.98 Å². The second-order valence-corrected chi connectivity index (χ2v) is 3.61. The Kier molecular flexibility index (Phi) is 1.89. The maximum Gasteiger partial charge on any atom is 0.137 e. The Bertz CT molecular complexity index is 406. The quantitative estimate of drug-likeness (QED) is 0.729. The second-order valence-electron chi connectivity index (χ2n) is 2.70. The van der Waals surface area contributed by atoms with Crippen molar-refractivity contribution in [2.75, 3.05) is 0 Å². The monoisotopic (exact) mass is 224 g/mol. The Morgan fingerprint density at radius 3 is 3.00 bits per heavy atom. The van der Waals surface area contributed by atoms with E-state index in [2.05, 4.69) is 34.0 Å².